The highest BCUT2D eigenvalue weighted by Gasteiger charge is 2.23. The fourth-order valence-corrected chi connectivity index (χ4v) is 2.68. The molecule has 1 fully saturated rings. The van der Waals surface area contributed by atoms with Gasteiger partial charge in [-0.3, -0.25) is 25.2 Å². The van der Waals surface area contributed by atoms with Crippen LogP contribution in [0.2, 0.25) is 0 Å². The first kappa shape index (κ1) is 14.4. The van der Waals surface area contributed by atoms with Crippen LogP contribution < -0.4 is 10.9 Å². The second-order valence-electron chi connectivity index (χ2n) is 4.39. The first-order valence-electron chi connectivity index (χ1n) is 6.08. The summed E-state index contributed by atoms with van der Waals surface area (Å²) < 4.78 is 0. The van der Waals surface area contributed by atoms with E-state index in [9.17, 15) is 14.4 Å². The third kappa shape index (κ3) is 3.51. The highest BCUT2D eigenvalue weighted by atomic mass is 32.2. The molecule has 0 spiro atoms. The molecule has 0 atom stereocenters. The monoisotopic (exact) mass is 293 g/mol. The van der Waals surface area contributed by atoms with Crippen molar-refractivity contribution < 1.29 is 14.4 Å². The Hall–Kier alpha value is -2.02. The summed E-state index contributed by atoms with van der Waals surface area (Å²) >= 11 is 1.46. The van der Waals surface area contributed by atoms with Gasteiger partial charge < -0.3 is 4.90 Å². The van der Waals surface area contributed by atoms with E-state index in [0.29, 0.717) is 17.2 Å². The van der Waals surface area contributed by atoms with Crippen LogP contribution in [-0.2, 0) is 9.59 Å². The number of benzene rings is 1. The number of hydrogen-bond acceptors (Lipinski definition) is 4. The molecule has 1 aromatic rings. The molecule has 3 amide bonds. The van der Waals surface area contributed by atoms with E-state index in [1.807, 2.05) is 19.1 Å². The lowest BCUT2D eigenvalue weighted by Gasteiger charge is -2.14. The van der Waals surface area contributed by atoms with Crippen molar-refractivity contribution in [3.05, 3.63) is 35.4 Å². The molecule has 0 radical (unpaired) electrons. The van der Waals surface area contributed by atoms with Crippen LogP contribution in [-0.4, -0.2) is 40.8 Å². The number of nitrogens with one attached hydrogen (secondary N) is 2. The Kier molecular flexibility index (Phi) is 4.62. The quantitative estimate of drug-likeness (QED) is 0.785. The Balaban J connectivity index is 1.83. The minimum absolute atomic E-state index is 0.0418. The van der Waals surface area contributed by atoms with Crippen LogP contribution in [0.4, 0.5) is 0 Å². The number of rotatable bonds is 3. The van der Waals surface area contributed by atoms with Crippen LogP contribution in [0.1, 0.15) is 15.9 Å². The Bertz CT molecular complexity index is 547. The topological polar surface area (TPSA) is 78.5 Å². The van der Waals surface area contributed by atoms with Crippen molar-refractivity contribution >= 4 is 29.5 Å². The Morgan fingerprint density at radius 3 is 2.70 bits per heavy atom. The zero-order valence-corrected chi connectivity index (χ0v) is 11.8. The zero-order chi connectivity index (χ0) is 14.5. The molecule has 20 heavy (non-hydrogen) atoms. The smallest absolute Gasteiger partial charge is 0.269 e. The van der Waals surface area contributed by atoms with Crippen molar-refractivity contribution in [1.82, 2.24) is 15.8 Å². The summed E-state index contributed by atoms with van der Waals surface area (Å²) in [5, 5.41) is 0. The van der Waals surface area contributed by atoms with E-state index in [4.69, 9.17) is 0 Å². The van der Waals surface area contributed by atoms with E-state index in [-0.39, 0.29) is 18.4 Å². The maximum absolute atomic E-state index is 11.9. The maximum atomic E-state index is 11.9. The predicted octanol–water partition coefficient (Wildman–Crippen LogP) is 0.289. The van der Waals surface area contributed by atoms with E-state index in [0.717, 1.165) is 5.56 Å². The van der Waals surface area contributed by atoms with E-state index in [2.05, 4.69) is 10.9 Å². The van der Waals surface area contributed by atoms with Crippen LogP contribution in [0.25, 0.3) is 0 Å². The average molecular weight is 293 g/mol. The molecule has 0 unspecified atom stereocenters. The van der Waals surface area contributed by atoms with Gasteiger partial charge in [-0.05, 0) is 18.6 Å². The fourth-order valence-electron chi connectivity index (χ4n) is 1.77. The van der Waals surface area contributed by atoms with Gasteiger partial charge in [0, 0.05) is 5.56 Å². The van der Waals surface area contributed by atoms with Gasteiger partial charge in [0.1, 0.15) is 6.54 Å². The molecule has 7 heteroatoms. The van der Waals surface area contributed by atoms with Crippen LogP contribution >= 0.6 is 11.8 Å². The van der Waals surface area contributed by atoms with Crippen molar-refractivity contribution in [3.8, 4) is 0 Å². The van der Waals surface area contributed by atoms with E-state index in [1.165, 1.54) is 16.7 Å². The first-order valence-corrected chi connectivity index (χ1v) is 7.23. The second-order valence-corrected chi connectivity index (χ2v) is 5.34. The lowest BCUT2D eigenvalue weighted by Crippen LogP contribution is -2.46. The van der Waals surface area contributed by atoms with Gasteiger partial charge >= 0.3 is 0 Å². The number of hydrazine groups is 1. The molecule has 0 bridgehead atoms. The molecule has 1 heterocycles. The van der Waals surface area contributed by atoms with Crippen LogP contribution in [0.15, 0.2) is 24.3 Å². The van der Waals surface area contributed by atoms with E-state index in [1.54, 1.807) is 12.1 Å². The summed E-state index contributed by atoms with van der Waals surface area (Å²) in [7, 11) is 0. The summed E-state index contributed by atoms with van der Waals surface area (Å²) in [4.78, 5) is 36.3. The molecule has 0 aliphatic carbocycles. The Morgan fingerprint density at radius 1 is 1.30 bits per heavy atom. The Morgan fingerprint density at radius 2 is 2.05 bits per heavy atom. The molecular formula is C13H15N3O3S. The number of amides is 3. The number of carbonyl (C=O) groups is 3. The first-order chi connectivity index (χ1) is 9.58. The summed E-state index contributed by atoms with van der Waals surface area (Å²) in [6.45, 7) is 1.77. The number of carbonyl (C=O) groups excluding carboxylic acids is 3. The molecule has 106 valence electrons. The summed E-state index contributed by atoms with van der Waals surface area (Å²) in [5.74, 6) is 0.0673. The molecule has 1 saturated heterocycles. The molecule has 2 N–H and O–H groups in total. The molecule has 6 nitrogen and oxygen atoms in total. The zero-order valence-electron chi connectivity index (χ0n) is 11.0. The second kappa shape index (κ2) is 6.42. The highest BCUT2D eigenvalue weighted by Crippen LogP contribution is 2.13. The minimum Gasteiger partial charge on any atom is -0.323 e. The third-order valence-electron chi connectivity index (χ3n) is 2.86. The minimum atomic E-state index is -0.414. The number of nitrogens with zero attached hydrogens (tertiary/aromatic N) is 1. The highest BCUT2D eigenvalue weighted by molar-refractivity contribution is 8.00. The molecule has 0 saturated carbocycles. The van der Waals surface area contributed by atoms with Crippen molar-refractivity contribution in [2.24, 2.45) is 0 Å². The van der Waals surface area contributed by atoms with Crippen molar-refractivity contribution in [1.29, 1.82) is 0 Å². The average Bonchev–Trinajstić information content (AvgIpc) is 2.82. The van der Waals surface area contributed by atoms with Crippen LogP contribution in [0.5, 0.6) is 0 Å². The molecule has 1 aromatic carbocycles. The van der Waals surface area contributed by atoms with Gasteiger partial charge in [0.2, 0.25) is 5.91 Å². The van der Waals surface area contributed by atoms with Gasteiger partial charge in [0.15, 0.2) is 0 Å². The van der Waals surface area contributed by atoms with Gasteiger partial charge in [0.05, 0.1) is 11.6 Å². The van der Waals surface area contributed by atoms with Gasteiger partial charge in [0.25, 0.3) is 11.8 Å². The lowest BCUT2D eigenvalue weighted by atomic mass is 10.1. The molecule has 0 aromatic heterocycles. The normalized spacial score (nSPS) is 14.2. The van der Waals surface area contributed by atoms with E-state index >= 15 is 0 Å². The van der Waals surface area contributed by atoms with Crippen LogP contribution in [0, 0.1) is 6.92 Å². The van der Waals surface area contributed by atoms with Gasteiger partial charge in [-0.1, -0.05) is 18.2 Å². The van der Waals surface area contributed by atoms with Gasteiger partial charge in [-0.15, -0.1) is 11.8 Å². The Labute approximate surface area is 120 Å². The van der Waals surface area contributed by atoms with Gasteiger partial charge in [-0.2, -0.15) is 0 Å². The largest absolute Gasteiger partial charge is 0.323 e. The summed E-state index contributed by atoms with van der Waals surface area (Å²) in [6.07, 6.45) is 0. The number of hydrogen-bond donors (Lipinski definition) is 2. The number of aryl methyl sites for hydroxylation is 1. The summed E-state index contributed by atoms with van der Waals surface area (Å²) in [6, 6.07) is 7.08. The van der Waals surface area contributed by atoms with Crippen LogP contribution in [0.3, 0.4) is 0 Å². The number of thioether (sulfide) groups is 1. The van der Waals surface area contributed by atoms with Gasteiger partial charge in [-0.25, -0.2) is 0 Å². The third-order valence-corrected chi connectivity index (χ3v) is 3.81. The SMILES string of the molecule is Cc1ccccc1C(=O)NNC(=O)CN1CSCC1=O. The summed E-state index contributed by atoms with van der Waals surface area (Å²) in [5.41, 5.74) is 5.98. The van der Waals surface area contributed by atoms with Crippen molar-refractivity contribution in [3.63, 3.8) is 0 Å². The standard InChI is InChI=1S/C13H15N3O3S/c1-9-4-2-3-5-10(9)13(19)15-14-11(17)6-16-8-20-7-12(16)18/h2-5H,6-8H2,1H3,(H,14,17)(H,15,19). The molecular weight excluding hydrogens is 278 g/mol. The molecule has 1 aliphatic heterocycles. The van der Waals surface area contributed by atoms with Crippen molar-refractivity contribution in [2.45, 2.75) is 6.92 Å². The van der Waals surface area contributed by atoms with Crippen molar-refractivity contribution in [2.75, 3.05) is 18.2 Å². The predicted molar refractivity (Wildman–Crippen MR) is 75.8 cm³/mol. The van der Waals surface area contributed by atoms with E-state index < -0.39 is 5.91 Å². The fraction of sp³-hybridized carbons (Fsp3) is 0.308. The molecule has 2 rings (SSSR count). The molecule has 1 aliphatic rings. The lowest BCUT2D eigenvalue weighted by molar-refractivity contribution is -0.132. The maximum Gasteiger partial charge on any atom is 0.269 e.